The van der Waals surface area contributed by atoms with Crippen LogP contribution in [0.2, 0.25) is 0 Å². The summed E-state index contributed by atoms with van der Waals surface area (Å²) in [5, 5.41) is 2.89. The number of nitrogens with one attached hydrogen (secondary N) is 1. The zero-order valence-electron chi connectivity index (χ0n) is 12.2. The first-order valence-corrected chi connectivity index (χ1v) is 8.22. The van der Waals surface area contributed by atoms with Crippen molar-refractivity contribution >= 4 is 17.7 Å². The van der Waals surface area contributed by atoms with Crippen molar-refractivity contribution in [3.63, 3.8) is 0 Å². The van der Waals surface area contributed by atoms with E-state index in [2.05, 4.69) is 11.4 Å². The molecule has 0 fully saturated rings. The van der Waals surface area contributed by atoms with E-state index in [0.29, 0.717) is 6.54 Å². The van der Waals surface area contributed by atoms with E-state index >= 15 is 0 Å². The molecule has 112 valence electrons. The van der Waals surface area contributed by atoms with Crippen LogP contribution in [-0.4, -0.2) is 37.6 Å². The Morgan fingerprint density at radius 1 is 1.50 bits per heavy atom. The second kappa shape index (κ2) is 9.66. The van der Waals surface area contributed by atoms with E-state index in [4.69, 9.17) is 10.5 Å². The van der Waals surface area contributed by atoms with E-state index in [1.807, 2.05) is 24.5 Å². The van der Waals surface area contributed by atoms with Gasteiger partial charge in [-0.25, -0.2) is 0 Å². The van der Waals surface area contributed by atoms with Gasteiger partial charge in [-0.3, -0.25) is 4.79 Å². The molecule has 0 aliphatic carbocycles. The first-order chi connectivity index (χ1) is 9.67. The molecule has 0 aromatic heterocycles. The van der Waals surface area contributed by atoms with Gasteiger partial charge in [0.1, 0.15) is 5.75 Å². The Balaban J connectivity index is 2.22. The average Bonchev–Trinajstić information content (AvgIpc) is 2.49. The van der Waals surface area contributed by atoms with Crippen molar-refractivity contribution in [3.05, 3.63) is 29.8 Å². The molecule has 0 spiro atoms. The molecule has 0 unspecified atom stereocenters. The maximum atomic E-state index is 11.7. The highest BCUT2D eigenvalue weighted by atomic mass is 32.2. The molecule has 0 saturated carbocycles. The van der Waals surface area contributed by atoms with E-state index < -0.39 is 0 Å². The summed E-state index contributed by atoms with van der Waals surface area (Å²) in [6, 6.07) is 7.60. The van der Waals surface area contributed by atoms with Crippen LogP contribution in [0.1, 0.15) is 18.4 Å². The number of aryl methyl sites for hydroxylation is 1. The van der Waals surface area contributed by atoms with Crippen LogP contribution in [0.3, 0.4) is 0 Å². The third kappa shape index (κ3) is 6.30. The molecule has 1 aromatic carbocycles. The molecule has 1 rings (SSSR count). The lowest BCUT2D eigenvalue weighted by molar-refractivity contribution is -0.122. The Hall–Kier alpha value is -1.20. The van der Waals surface area contributed by atoms with Gasteiger partial charge in [0.05, 0.1) is 13.2 Å². The van der Waals surface area contributed by atoms with Crippen molar-refractivity contribution < 1.29 is 9.53 Å². The predicted octanol–water partition coefficient (Wildman–Crippen LogP) is 1.82. The molecule has 0 aliphatic rings. The topological polar surface area (TPSA) is 64.3 Å². The maximum Gasteiger partial charge on any atom is 0.236 e. The SMILES string of the molecule is COc1cccc(CCCNC(=O)[C@@H](N)CCSC)c1. The van der Waals surface area contributed by atoms with E-state index in [0.717, 1.165) is 30.8 Å². The van der Waals surface area contributed by atoms with Crippen molar-refractivity contribution in [1.29, 1.82) is 0 Å². The number of rotatable bonds is 9. The van der Waals surface area contributed by atoms with Gasteiger partial charge in [-0.1, -0.05) is 12.1 Å². The van der Waals surface area contributed by atoms with E-state index in [1.54, 1.807) is 18.9 Å². The molecular formula is C15H24N2O2S. The standard InChI is InChI=1S/C15H24N2O2S/c1-19-13-7-3-5-12(11-13)6-4-9-17-15(18)14(16)8-10-20-2/h3,5,7,11,14H,4,6,8-10,16H2,1-2H3,(H,17,18)/t14-/m0/s1. The molecule has 5 heteroatoms. The van der Waals surface area contributed by atoms with Crippen LogP contribution in [0.5, 0.6) is 5.75 Å². The van der Waals surface area contributed by atoms with E-state index in [-0.39, 0.29) is 11.9 Å². The van der Waals surface area contributed by atoms with Crippen molar-refractivity contribution in [1.82, 2.24) is 5.32 Å². The van der Waals surface area contributed by atoms with Gasteiger partial charge in [0.15, 0.2) is 0 Å². The van der Waals surface area contributed by atoms with Crippen LogP contribution in [0.25, 0.3) is 0 Å². The second-order valence-corrected chi connectivity index (χ2v) is 5.62. The number of carbonyl (C=O) groups excluding carboxylic acids is 1. The number of carbonyl (C=O) groups is 1. The largest absolute Gasteiger partial charge is 0.497 e. The minimum Gasteiger partial charge on any atom is -0.497 e. The molecule has 0 radical (unpaired) electrons. The third-order valence-electron chi connectivity index (χ3n) is 3.05. The fraction of sp³-hybridized carbons (Fsp3) is 0.533. The minimum absolute atomic E-state index is 0.0512. The van der Waals surface area contributed by atoms with Gasteiger partial charge in [-0.05, 0) is 49.0 Å². The van der Waals surface area contributed by atoms with Crippen molar-refractivity contribution in [2.75, 3.05) is 25.7 Å². The van der Waals surface area contributed by atoms with Gasteiger partial charge in [0, 0.05) is 6.54 Å². The van der Waals surface area contributed by atoms with Crippen molar-refractivity contribution in [2.24, 2.45) is 5.73 Å². The van der Waals surface area contributed by atoms with E-state index in [1.165, 1.54) is 5.56 Å². The minimum atomic E-state index is -0.390. The molecule has 1 atom stereocenters. The number of hydrogen-bond donors (Lipinski definition) is 2. The number of thioether (sulfide) groups is 1. The van der Waals surface area contributed by atoms with Crippen LogP contribution in [0, 0.1) is 0 Å². The molecule has 1 amide bonds. The predicted molar refractivity (Wildman–Crippen MR) is 85.3 cm³/mol. The van der Waals surface area contributed by atoms with Crippen LogP contribution in [0.4, 0.5) is 0 Å². The first-order valence-electron chi connectivity index (χ1n) is 6.82. The number of amides is 1. The van der Waals surface area contributed by atoms with Gasteiger partial charge >= 0.3 is 0 Å². The lowest BCUT2D eigenvalue weighted by Gasteiger charge is -2.11. The highest BCUT2D eigenvalue weighted by molar-refractivity contribution is 7.98. The fourth-order valence-corrected chi connectivity index (χ4v) is 2.33. The summed E-state index contributed by atoms with van der Waals surface area (Å²) >= 11 is 1.70. The van der Waals surface area contributed by atoms with Gasteiger partial charge in [-0.15, -0.1) is 0 Å². The average molecular weight is 296 g/mol. The Morgan fingerprint density at radius 2 is 2.30 bits per heavy atom. The number of benzene rings is 1. The van der Waals surface area contributed by atoms with Crippen LogP contribution in [-0.2, 0) is 11.2 Å². The highest BCUT2D eigenvalue weighted by Gasteiger charge is 2.11. The lowest BCUT2D eigenvalue weighted by Crippen LogP contribution is -2.41. The monoisotopic (exact) mass is 296 g/mol. The van der Waals surface area contributed by atoms with Gasteiger partial charge in [-0.2, -0.15) is 11.8 Å². The highest BCUT2D eigenvalue weighted by Crippen LogP contribution is 2.13. The first kappa shape index (κ1) is 16.9. The van der Waals surface area contributed by atoms with Gasteiger partial charge < -0.3 is 15.8 Å². The van der Waals surface area contributed by atoms with Crippen LogP contribution in [0.15, 0.2) is 24.3 Å². The summed E-state index contributed by atoms with van der Waals surface area (Å²) in [6.45, 7) is 0.656. The van der Waals surface area contributed by atoms with Crippen molar-refractivity contribution in [3.8, 4) is 5.75 Å². The smallest absolute Gasteiger partial charge is 0.236 e. The molecule has 0 saturated heterocycles. The van der Waals surface area contributed by atoms with Crippen molar-refractivity contribution in [2.45, 2.75) is 25.3 Å². The molecular weight excluding hydrogens is 272 g/mol. The molecule has 4 nitrogen and oxygen atoms in total. The quantitative estimate of drug-likeness (QED) is 0.682. The lowest BCUT2D eigenvalue weighted by atomic mass is 10.1. The molecule has 0 bridgehead atoms. The molecule has 3 N–H and O–H groups in total. The third-order valence-corrected chi connectivity index (χ3v) is 3.69. The summed E-state index contributed by atoms with van der Waals surface area (Å²) in [5.74, 6) is 1.73. The van der Waals surface area contributed by atoms with Gasteiger partial charge in [0.25, 0.3) is 0 Å². The molecule has 20 heavy (non-hydrogen) atoms. The summed E-state index contributed by atoms with van der Waals surface area (Å²) < 4.78 is 5.18. The zero-order valence-corrected chi connectivity index (χ0v) is 13.0. The van der Waals surface area contributed by atoms with Crippen LogP contribution >= 0.6 is 11.8 Å². The number of hydrogen-bond acceptors (Lipinski definition) is 4. The zero-order chi connectivity index (χ0) is 14.8. The second-order valence-electron chi connectivity index (χ2n) is 4.63. The van der Waals surface area contributed by atoms with Crippen LogP contribution < -0.4 is 15.8 Å². The number of ether oxygens (including phenoxy) is 1. The number of methoxy groups -OCH3 is 1. The Bertz CT molecular complexity index is 413. The molecule has 1 aromatic rings. The summed E-state index contributed by atoms with van der Waals surface area (Å²) in [5.41, 5.74) is 7.01. The summed E-state index contributed by atoms with van der Waals surface area (Å²) in [6.07, 6.45) is 4.55. The summed E-state index contributed by atoms with van der Waals surface area (Å²) in [4.78, 5) is 11.7. The fourth-order valence-electron chi connectivity index (χ4n) is 1.84. The number of nitrogens with two attached hydrogens (primary N) is 1. The Labute approximate surface area is 125 Å². The Kier molecular flexibility index (Phi) is 8.14. The van der Waals surface area contributed by atoms with E-state index in [9.17, 15) is 4.79 Å². The Morgan fingerprint density at radius 3 is 3.00 bits per heavy atom. The molecule has 0 heterocycles. The van der Waals surface area contributed by atoms with Gasteiger partial charge in [0.2, 0.25) is 5.91 Å². The molecule has 0 aliphatic heterocycles. The maximum absolute atomic E-state index is 11.7. The normalized spacial score (nSPS) is 11.9. The summed E-state index contributed by atoms with van der Waals surface area (Å²) in [7, 11) is 1.66.